The zero-order valence-electron chi connectivity index (χ0n) is 11.6. The Morgan fingerprint density at radius 3 is 1.94 bits per heavy atom. The molecule has 2 heterocycles. The molecule has 0 atom stereocenters. The number of hydrogen-bond donors (Lipinski definition) is 1. The summed E-state index contributed by atoms with van der Waals surface area (Å²) in [5.74, 6) is 0. The molecule has 2 saturated heterocycles. The first kappa shape index (κ1) is 13.9. The van der Waals surface area contributed by atoms with Crippen molar-refractivity contribution in [1.29, 1.82) is 0 Å². The maximum Gasteiger partial charge on any atom is 0.0206 e. The van der Waals surface area contributed by atoms with Gasteiger partial charge < -0.3 is 10.2 Å². The lowest BCUT2D eigenvalue weighted by Gasteiger charge is -2.47. The molecule has 0 unspecified atom stereocenters. The third kappa shape index (κ3) is 3.44. The van der Waals surface area contributed by atoms with Gasteiger partial charge >= 0.3 is 0 Å². The van der Waals surface area contributed by atoms with Gasteiger partial charge in [0.2, 0.25) is 0 Å². The topological polar surface area (TPSA) is 18.5 Å². The first-order valence-corrected chi connectivity index (χ1v) is 6.85. The van der Waals surface area contributed by atoms with Crippen LogP contribution in [0.4, 0.5) is 0 Å². The lowest BCUT2D eigenvalue weighted by atomic mass is 9.88. The van der Waals surface area contributed by atoms with Crippen molar-refractivity contribution >= 4 is 0 Å². The SMILES string of the molecule is CC.CN1CCN(C2(C)CCNCC2)CC1. The predicted molar refractivity (Wildman–Crippen MR) is 70.9 cm³/mol. The van der Waals surface area contributed by atoms with Crippen LogP contribution in [-0.2, 0) is 0 Å². The molecule has 2 rings (SSSR count). The van der Waals surface area contributed by atoms with Crippen molar-refractivity contribution in [3.05, 3.63) is 0 Å². The third-order valence-electron chi connectivity index (χ3n) is 3.95. The monoisotopic (exact) mass is 227 g/mol. The van der Waals surface area contributed by atoms with E-state index >= 15 is 0 Å². The Kier molecular flexibility index (Phi) is 5.73. The van der Waals surface area contributed by atoms with Crippen molar-refractivity contribution in [2.24, 2.45) is 0 Å². The van der Waals surface area contributed by atoms with Crippen LogP contribution in [0.1, 0.15) is 33.6 Å². The van der Waals surface area contributed by atoms with E-state index < -0.39 is 0 Å². The van der Waals surface area contributed by atoms with Crippen molar-refractivity contribution in [3.8, 4) is 0 Å². The van der Waals surface area contributed by atoms with E-state index in [1.165, 1.54) is 52.1 Å². The summed E-state index contributed by atoms with van der Waals surface area (Å²) < 4.78 is 0. The Hall–Kier alpha value is -0.120. The molecule has 0 radical (unpaired) electrons. The molecule has 0 aromatic rings. The number of nitrogens with zero attached hydrogens (tertiary/aromatic N) is 2. The Bertz CT molecular complexity index is 180. The maximum absolute atomic E-state index is 3.45. The van der Waals surface area contributed by atoms with E-state index in [4.69, 9.17) is 0 Å². The van der Waals surface area contributed by atoms with E-state index in [2.05, 4.69) is 29.1 Å². The highest BCUT2D eigenvalue weighted by atomic mass is 15.3. The van der Waals surface area contributed by atoms with Crippen LogP contribution in [0.5, 0.6) is 0 Å². The maximum atomic E-state index is 3.45. The smallest absolute Gasteiger partial charge is 0.0206 e. The molecule has 0 saturated carbocycles. The summed E-state index contributed by atoms with van der Waals surface area (Å²) in [6.45, 7) is 13.8. The largest absolute Gasteiger partial charge is 0.317 e. The van der Waals surface area contributed by atoms with Crippen LogP contribution < -0.4 is 5.32 Å². The summed E-state index contributed by atoms with van der Waals surface area (Å²) in [6.07, 6.45) is 2.63. The van der Waals surface area contributed by atoms with Gasteiger partial charge in [-0.25, -0.2) is 0 Å². The standard InChI is InChI=1S/C11H23N3.C2H6/c1-11(3-5-12-6-4-11)14-9-7-13(2)8-10-14;1-2/h12H,3-10H2,1-2H3;1-2H3. The highest BCUT2D eigenvalue weighted by Gasteiger charge is 2.34. The molecule has 3 nitrogen and oxygen atoms in total. The summed E-state index contributed by atoms with van der Waals surface area (Å²) in [6, 6.07) is 0. The minimum absolute atomic E-state index is 0.479. The van der Waals surface area contributed by atoms with Gasteiger partial charge in [-0.05, 0) is 39.9 Å². The zero-order chi connectivity index (χ0) is 12.0. The number of likely N-dealkylation sites (N-methyl/N-ethyl adjacent to an activating group) is 1. The molecule has 0 amide bonds. The van der Waals surface area contributed by atoms with Gasteiger partial charge in [-0.3, -0.25) is 4.90 Å². The van der Waals surface area contributed by atoms with Crippen molar-refractivity contribution in [2.75, 3.05) is 46.3 Å². The van der Waals surface area contributed by atoms with E-state index in [-0.39, 0.29) is 0 Å². The molecular weight excluding hydrogens is 198 g/mol. The van der Waals surface area contributed by atoms with Gasteiger partial charge in [0.05, 0.1) is 0 Å². The second kappa shape index (κ2) is 6.58. The fraction of sp³-hybridized carbons (Fsp3) is 1.00. The van der Waals surface area contributed by atoms with Gasteiger partial charge in [0.25, 0.3) is 0 Å². The van der Waals surface area contributed by atoms with Crippen LogP contribution in [0.15, 0.2) is 0 Å². The minimum Gasteiger partial charge on any atom is -0.317 e. The summed E-state index contributed by atoms with van der Waals surface area (Å²) >= 11 is 0. The Labute approximate surface area is 101 Å². The van der Waals surface area contributed by atoms with Gasteiger partial charge in [0, 0.05) is 31.7 Å². The van der Waals surface area contributed by atoms with Crippen LogP contribution in [0.3, 0.4) is 0 Å². The highest BCUT2D eigenvalue weighted by Crippen LogP contribution is 2.26. The van der Waals surface area contributed by atoms with Crippen LogP contribution in [0.2, 0.25) is 0 Å². The number of piperidine rings is 1. The van der Waals surface area contributed by atoms with Crippen molar-refractivity contribution in [2.45, 2.75) is 39.2 Å². The van der Waals surface area contributed by atoms with Crippen molar-refractivity contribution in [1.82, 2.24) is 15.1 Å². The van der Waals surface area contributed by atoms with Crippen LogP contribution in [0.25, 0.3) is 0 Å². The molecule has 16 heavy (non-hydrogen) atoms. The van der Waals surface area contributed by atoms with Crippen molar-refractivity contribution < 1.29 is 0 Å². The molecular formula is C13H29N3. The number of piperazine rings is 1. The van der Waals surface area contributed by atoms with Crippen molar-refractivity contribution in [3.63, 3.8) is 0 Å². The lowest BCUT2D eigenvalue weighted by molar-refractivity contribution is 0.0306. The fourth-order valence-electron chi connectivity index (χ4n) is 2.63. The van der Waals surface area contributed by atoms with Gasteiger partial charge in [-0.2, -0.15) is 0 Å². The number of nitrogens with one attached hydrogen (secondary N) is 1. The van der Waals surface area contributed by atoms with E-state index in [1.807, 2.05) is 13.8 Å². The summed E-state index contributed by atoms with van der Waals surface area (Å²) in [5, 5.41) is 3.45. The average Bonchev–Trinajstić information content (AvgIpc) is 2.33. The van der Waals surface area contributed by atoms with E-state index in [1.54, 1.807) is 0 Å². The van der Waals surface area contributed by atoms with E-state index in [0.717, 1.165) is 0 Å². The zero-order valence-corrected chi connectivity index (χ0v) is 11.6. The molecule has 2 aliphatic rings. The summed E-state index contributed by atoms with van der Waals surface area (Å²) in [7, 11) is 2.22. The second-order valence-electron chi connectivity index (χ2n) is 5.04. The van der Waals surface area contributed by atoms with Gasteiger partial charge in [0.15, 0.2) is 0 Å². The summed E-state index contributed by atoms with van der Waals surface area (Å²) in [4.78, 5) is 5.13. The van der Waals surface area contributed by atoms with Gasteiger partial charge in [0.1, 0.15) is 0 Å². The van der Waals surface area contributed by atoms with Gasteiger partial charge in [-0.15, -0.1) is 0 Å². The van der Waals surface area contributed by atoms with Crippen LogP contribution in [-0.4, -0.2) is 61.7 Å². The fourth-order valence-corrected chi connectivity index (χ4v) is 2.63. The number of rotatable bonds is 1. The molecule has 2 fully saturated rings. The molecule has 3 heteroatoms. The Balaban J connectivity index is 0.000000606. The molecule has 0 aromatic carbocycles. The summed E-state index contributed by atoms with van der Waals surface area (Å²) in [5.41, 5.74) is 0.479. The minimum atomic E-state index is 0.479. The van der Waals surface area contributed by atoms with Crippen LogP contribution >= 0.6 is 0 Å². The lowest BCUT2D eigenvalue weighted by Crippen LogP contribution is -2.58. The molecule has 0 aromatic heterocycles. The second-order valence-corrected chi connectivity index (χ2v) is 5.04. The van der Waals surface area contributed by atoms with E-state index in [9.17, 15) is 0 Å². The van der Waals surface area contributed by atoms with Crippen LogP contribution in [0, 0.1) is 0 Å². The predicted octanol–water partition coefficient (Wildman–Crippen LogP) is 1.40. The molecule has 0 aliphatic carbocycles. The molecule has 1 N–H and O–H groups in total. The average molecular weight is 227 g/mol. The first-order chi connectivity index (χ1) is 7.71. The molecule has 2 aliphatic heterocycles. The number of hydrogen-bond acceptors (Lipinski definition) is 3. The third-order valence-corrected chi connectivity index (χ3v) is 3.95. The normalized spacial score (nSPS) is 27.0. The Morgan fingerprint density at radius 2 is 1.44 bits per heavy atom. The Morgan fingerprint density at radius 1 is 0.938 bits per heavy atom. The molecule has 96 valence electrons. The molecule has 0 spiro atoms. The first-order valence-electron chi connectivity index (χ1n) is 6.85. The quantitative estimate of drug-likeness (QED) is 0.730. The van der Waals surface area contributed by atoms with Gasteiger partial charge in [-0.1, -0.05) is 13.8 Å². The molecule has 0 bridgehead atoms. The highest BCUT2D eigenvalue weighted by molar-refractivity contribution is 4.92. The van der Waals surface area contributed by atoms with E-state index in [0.29, 0.717) is 5.54 Å².